The lowest BCUT2D eigenvalue weighted by Crippen LogP contribution is -2.30. The van der Waals surface area contributed by atoms with Crippen molar-refractivity contribution in [3.8, 4) is 6.07 Å². The fourth-order valence-electron chi connectivity index (χ4n) is 1.55. The third kappa shape index (κ3) is 3.05. The van der Waals surface area contributed by atoms with Gasteiger partial charge in [0, 0.05) is 13.1 Å². The molecule has 0 aliphatic carbocycles. The Morgan fingerprint density at radius 2 is 2.26 bits per heavy atom. The Kier molecular flexibility index (Phi) is 4.55. The molecule has 1 atom stereocenters. The summed E-state index contributed by atoms with van der Waals surface area (Å²) in [6, 6.07) is 1.80. The monoisotopic (exact) mass is 265 g/mol. The number of hydrogen-bond acceptors (Lipinski definition) is 8. The molecular weight excluding hydrogens is 250 g/mol. The van der Waals surface area contributed by atoms with Crippen LogP contribution in [-0.2, 0) is 0 Å². The van der Waals surface area contributed by atoms with Crippen LogP contribution in [0.15, 0.2) is 0 Å². The van der Waals surface area contributed by atoms with Crippen molar-refractivity contribution in [2.24, 2.45) is 5.84 Å². The van der Waals surface area contributed by atoms with E-state index in [1.807, 2.05) is 6.07 Å². The number of nitrogens with two attached hydrogens (primary N) is 1. The maximum atomic E-state index is 11.1. The highest BCUT2D eigenvalue weighted by molar-refractivity contribution is 5.62. The predicted octanol–water partition coefficient (Wildman–Crippen LogP) is 0.717. The van der Waals surface area contributed by atoms with Crippen molar-refractivity contribution < 1.29 is 4.92 Å². The summed E-state index contributed by atoms with van der Waals surface area (Å²) >= 11 is 0. The van der Waals surface area contributed by atoms with Crippen LogP contribution in [0.1, 0.15) is 19.0 Å². The van der Waals surface area contributed by atoms with E-state index in [9.17, 15) is 10.1 Å². The van der Waals surface area contributed by atoms with Gasteiger partial charge in [-0.15, -0.1) is 0 Å². The Labute approximate surface area is 110 Å². The van der Waals surface area contributed by atoms with Gasteiger partial charge >= 0.3 is 5.69 Å². The zero-order valence-corrected chi connectivity index (χ0v) is 10.9. The van der Waals surface area contributed by atoms with Crippen LogP contribution in [0.2, 0.25) is 0 Å². The SMILES string of the molecule is Cc1nc(NN)nc(N(C)C(C)CC#N)c1[N+](=O)[O-]. The number of nitrogens with one attached hydrogen (secondary N) is 1. The zero-order valence-electron chi connectivity index (χ0n) is 10.9. The van der Waals surface area contributed by atoms with Crippen LogP contribution < -0.4 is 16.2 Å². The van der Waals surface area contributed by atoms with Gasteiger partial charge < -0.3 is 4.90 Å². The molecule has 0 fully saturated rings. The van der Waals surface area contributed by atoms with Crippen molar-refractivity contribution in [3.63, 3.8) is 0 Å². The minimum absolute atomic E-state index is 0.0918. The summed E-state index contributed by atoms with van der Waals surface area (Å²) in [6.07, 6.45) is 0.224. The maximum absolute atomic E-state index is 11.1. The summed E-state index contributed by atoms with van der Waals surface area (Å²) in [6.45, 7) is 3.28. The fourth-order valence-corrected chi connectivity index (χ4v) is 1.55. The first-order valence-electron chi connectivity index (χ1n) is 5.51. The summed E-state index contributed by atoms with van der Waals surface area (Å²) in [4.78, 5) is 20.0. The van der Waals surface area contributed by atoms with Gasteiger partial charge in [-0.3, -0.25) is 15.5 Å². The van der Waals surface area contributed by atoms with Gasteiger partial charge in [0.2, 0.25) is 11.8 Å². The Morgan fingerprint density at radius 3 is 2.74 bits per heavy atom. The van der Waals surface area contributed by atoms with Gasteiger partial charge in [-0.1, -0.05) is 0 Å². The highest BCUT2D eigenvalue weighted by Crippen LogP contribution is 2.30. The molecule has 1 aromatic heterocycles. The number of anilines is 2. The molecule has 0 aromatic carbocycles. The summed E-state index contributed by atoms with van der Waals surface area (Å²) < 4.78 is 0. The molecule has 9 heteroatoms. The van der Waals surface area contributed by atoms with E-state index in [4.69, 9.17) is 11.1 Å². The molecule has 3 N–H and O–H groups in total. The van der Waals surface area contributed by atoms with E-state index in [0.29, 0.717) is 0 Å². The van der Waals surface area contributed by atoms with Crippen LogP contribution in [0.3, 0.4) is 0 Å². The van der Waals surface area contributed by atoms with Gasteiger partial charge in [-0.25, -0.2) is 10.8 Å². The van der Waals surface area contributed by atoms with E-state index in [2.05, 4.69) is 15.4 Å². The van der Waals surface area contributed by atoms with Crippen molar-refractivity contribution >= 4 is 17.5 Å². The number of nitrogen functional groups attached to an aromatic ring is 1. The van der Waals surface area contributed by atoms with Crippen molar-refractivity contribution in [2.75, 3.05) is 17.4 Å². The number of aromatic nitrogens is 2. The second kappa shape index (κ2) is 5.92. The van der Waals surface area contributed by atoms with Gasteiger partial charge in [-0.05, 0) is 13.8 Å². The third-order valence-corrected chi connectivity index (χ3v) is 2.73. The number of nitro groups is 1. The van der Waals surface area contributed by atoms with Crippen molar-refractivity contribution in [1.82, 2.24) is 9.97 Å². The first-order valence-corrected chi connectivity index (χ1v) is 5.51. The highest BCUT2D eigenvalue weighted by Gasteiger charge is 2.26. The van der Waals surface area contributed by atoms with E-state index in [0.717, 1.165) is 0 Å². The molecule has 0 radical (unpaired) electrons. The Bertz CT molecular complexity index is 525. The molecule has 0 spiro atoms. The molecule has 1 heterocycles. The molecule has 0 bridgehead atoms. The first-order chi connectivity index (χ1) is 8.92. The maximum Gasteiger partial charge on any atom is 0.332 e. The summed E-state index contributed by atoms with van der Waals surface area (Å²) in [7, 11) is 1.64. The molecule has 1 unspecified atom stereocenters. The molecule has 0 saturated carbocycles. The van der Waals surface area contributed by atoms with E-state index in [-0.39, 0.29) is 35.6 Å². The van der Waals surface area contributed by atoms with Crippen molar-refractivity contribution in [2.45, 2.75) is 26.3 Å². The Morgan fingerprint density at radius 1 is 1.63 bits per heavy atom. The predicted molar refractivity (Wildman–Crippen MR) is 69.3 cm³/mol. The molecule has 19 heavy (non-hydrogen) atoms. The first kappa shape index (κ1) is 14.6. The number of rotatable bonds is 5. The number of hydrogen-bond donors (Lipinski definition) is 2. The minimum atomic E-state index is -0.541. The second-order valence-corrected chi connectivity index (χ2v) is 4.03. The number of aryl methyl sites for hydroxylation is 1. The second-order valence-electron chi connectivity index (χ2n) is 4.03. The highest BCUT2D eigenvalue weighted by atomic mass is 16.6. The topological polar surface area (TPSA) is 134 Å². The van der Waals surface area contributed by atoms with E-state index in [1.54, 1.807) is 18.9 Å². The lowest BCUT2D eigenvalue weighted by molar-refractivity contribution is -0.385. The Hall–Kier alpha value is -2.47. The van der Waals surface area contributed by atoms with Gasteiger partial charge in [0.05, 0.1) is 17.4 Å². The fraction of sp³-hybridized carbons (Fsp3) is 0.500. The number of nitrogens with zero attached hydrogens (tertiary/aromatic N) is 5. The van der Waals surface area contributed by atoms with Crippen LogP contribution >= 0.6 is 0 Å². The minimum Gasteiger partial charge on any atom is -0.350 e. The third-order valence-electron chi connectivity index (χ3n) is 2.73. The lowest BCUT2D eigenvalue weighted by Gasteiger charge is -2.24. The Balaban J connectivity index is 3.34. The number of nitriles is 1. The average molecular weight is 265 g/mol. The van der Waals surface area contributed by atoms with Crippen molar-refractivity contribution in [3.05, 3.63) is 15.8 Å². The molecule has 1 rings (SSSR count). The van der Waals surface area contributed by atoms with Crippen LogP contribution in [0.25, 0.3) is 0 Å². The van der Waals surface area contributed by atoms with Crippen LogP contribution in [0, 0.1) is 28.4 Å². The zero-order chi connectivity index (χ0) is 14.6. The summed E-state index contributed by atoms with van der Waals surface area (Å²) in [5.74, 6) is 5.46. The lowest BCUT2D eigenvalue weighted by atomic mass is 10.2. The molecule has 0 amide bonds. The molecule has 0 aliphatic rings. The standard InChI is InChI=1S/C10H15N7O2/c1-6(4-5-11)16(3)9-8(17(18)19)7(2)13-10(14-9)15-12/h6H,4,12H2,1-3H3,(H,13,14,15). The molecular formula is C10H15N7O2. The molecule has 102 valence electrons. The van der Waals surface area contributed by atoms with Gasteiger partial charge in [0.1, 0.15) is 5.69 Å². The van der Waals surface area contributed by atoms with Crippen LogP contribution in [0.5, 0.6) is 0 Å². The number of hydrazine groups is 1. The molecule has 0 saturated heterocycles. The molecule has 0 aliphatic heterocycles. The molecule has 9 nitrogen and oxygen atoms in total. The van der Waals surface area contributed by atoms with Crippen LogP contribution in [0.4, 0.5) is 17.5 Å². The quantitative estimate of drug-likeness (QED) is 0.451. The van der Waals surface area contributed by atoms with E-state index >= 15 is 0 Å². The van der Waals surface area contributed by atoms with Crippen molar-refractivity contribution in [1.29, 1.82) is 5.26 Å². The van der Waals surface area contributed by atoms with E-state index in [1.165, 1.54) is 6.92 Å². The average Bonchev–Trinajstić information content (AvgIpc) is 2.36. The summed E-state index contributed by atoms with van der Waals surface area (Å²) in [5.41, 5.74) is 2.28. The van der Waals surface area contributed by atoms with Gasteiger partial charge in [0.15, 0.2) is 0 Å². The van der Waals surface area contributed by atoms with Gasteiger partial charge in [-0.2, -0.15) is 10.2 Å². The molecule has 1 aromatic rings. The van der Waals surface area contributed by atoms with Crippen LogP contribution in [-0.4, -0.2) is 28.0 Å². The smallest absolute Gasteiger partial charge is 0.332 e. The normalized spacial score (nSPS) is 11.5. The van der Waals surface area contributed by atoms with Gasteiger partial charge in [0.25, 0.3) is 0 Å². The van der Waals surface area contributed by atoms with E-state index < -0.39 is 4.92 Å². The largest absolute Gasteiger partial charge is 0.350 e. The summed E-state index contributed by atoms with van der Waals surface area (Å²) in [5, 5.41) is 19.8.